The summed E-state index contributed by atoms with van der Waals surface area (Å²) >= 11 is 6.03. The molecule has 7 heteroatoms. The van der Waals surface area contributed by atoms with Gasteiger partial charge in [0, 0.05) is 49.5 Å². The van der Waals surface area contributed by atoms with Crippen LogP contribution in [0.3, 0.4) is 0 Å². The van der Waals surface area contributed by atoms with Gasteiger partial charge in [0.2, 0.25) is 0 Å². The van der Waals surface area contributed by atoms with Gasteiger partial charge in [0.15, 0.2) is 5.78 Å². The van der Waals surface area contributed by atoms with Gasteiger partial charge < -0.3 is 15.4 Å². The Bertz CT molecular complexity index is 879. The lowest BCUT2D eigenvalue weighted by Crippen LogP contribution is -2.45. The first-order chi connectivity index (χ1) is 14.9. The van der Waals surface area contributed by atoms with Crippen LogP contribution in [0.15, 0.2) is 48.5 Å². The molecular formula is C24H28ClFN2O3. The zero-order chi connectivity index (χ0) is 22.3. The zero-order valence-corrected chi connectivity index (χ0v) is 18.2. The minimum absolute atomic E-state index is 0.0169. The van der Waals surface area contributed by atoms with E-state index in [-0.39, 0.29) is 30.5 Å². The highest BCUT2D eigenvalue weighted by Gasteiger charge is 2.39. The maximum absolute atomic E-state index is 13.0. The number of rotatable bonds is 9. The topological polar surface area (TPSA) is 72.6 Å². The zero-order valence-electron chi connectivity index (χ0n) is 17.5. The van der Waals surface area contributed by atoms with E-state index in [0.29, 0.717) is 29.8 Å². The summed E-state index contributed by atoms with van der Waals surface area (Å²) in [5.41, 5.74) is 6.31. The molecule has 0 saturated carbocycles. The molecule has 1 saturated heterocycles. The number of hydrogen-bond acceptors (Lipinski definition) is 5. The summed E-state index contributed by atoms with van der Waals surface area (Å²) in [5.74, 6) is -0.625. The maximum Gasteiger partial charge on any atom is 0.307 e. The number of halogens is 2. The fourth-order valence-electron chi connectivity index (χ4n) is 3.97. The maximum atomic E-state index is 13.0. The first-order valence-corrected chi connectivity index (χ1v) is 11.0. The Labute approximate surface area is 187 Å². The number of ether oxygens (including phenoxy) is 1. The highest BCUT2D eigenvalue weighted by Crippen LogP contribution is 2.37. The lowest BCUT2D eigenvalue weighted by molar-refractivity contribution is -0.166. The van der Waals surface area contributed by atoms with Crippen LogP contribution in [-0.4, -0.2) is 42.8 Å². The standard InChI is InChI=1S/C24H28ClFN2O3/c25-20-7-5-19(6-8-20)24(31-23(30)11-14-27)12-16-28(17-13-24)15-1-2-22(29)18-3-9-21(26)10-4-18/h3-10H,1-2,11-17,27H2. The fourth-order valence-corrected chi connectivity index (χ4v) is 4.10. The monoisotopic (exact) mass is 446 g/mol. The number of carbonyl (C=O) groups is 2. The van der Waals surface area contributed by atoms with Crippen LogP contribution in [0.4, 0.5) is 4.39 Å². The van der Waals surface area contributed by atoms with Crippen LogP contribution in [0.25, 0.3) is 0 Å². The third-order valence-electron chi connectivity index (χ3n) is 5.74. The molecule has 5 nitrogen and oxygen atoms in total. The van der Waals surface area contributed by atoms with Gasteiger partial charge in [-0.05, 0) is 54.9 Å². The molecule has 0 bridgehead atoms. The van der Waals surface area contributed by atoms with E-state index < -0.39 is 5.60 Å². The van der Waals surface area contributed by atoms with Crippen molar-refractivity contribution in [3.63, 3.8) is 0 Å². The molecule has 1 heterocycles. The van der Waals surface area contributed by atoms with Gasteiger partial charge in [-0.15, -0.1) is 0 Å². The van der Waals surface area contributed by atoms with Crippen LogP contribution in [-0.2, 0) is 15.1 Å². The highest BCUT2D eigenvalue weighted by atomic mass is 35.5. The first kappa shape index (κ1) is 23.4. The number of likely N-dealkylation sites (tertiary alicyclic amines) is 1. The van der Waals surface area contributed by atoms with E-state index in [1.165, 1.54) is 24.3 Å². The van der Waals surface area contributed by atoms with Gasteiger partial charge in [0.25, 0.3) is 0 Å². The molecule has 1 fully saturated rings. The molecule has 0 aliphatic carbocycles. The number of ketones is 1. The Morgan fingerprint density at radius 3 is 2.29 bits per heavy atom. The molecule has 166 valence electrons. The molecule has 2 aromatic rings. The number of esters is 1. The number of nitrogens with two attached hydrogens (primary N) is 1. The largest absolute Gasteiger partial charge is 0.454 e. The van der Waals surface area contributed by atoms with Crippen molar-refractivity contribution in [2.75, 3.05) is 26.2 Å². The van der Waals surface area contributed by atoms with E-state index in [0.717, 1.165) is 31.6 Å². The Morgan fingerprint density at radius 2 is 1.68 bits per heavy atom. The van der Waals surface area contributed by atoms with Gasteiger partial charge in [-0.1, -0.05) is 23.7 Å². The molecule has 0 atom stereocenters. The van der Waals surface area contributed by atoms with Crippen molar-refractivity contribution in [3.05, 3.63) is 70.5 Å². The highest BCUT2D eigenvalue weighted by molar-refractivity contribution is 6.30. The molecule has 0 unspecified atom stereocenters. The molecule has 2 aromatic carbocycles. The number of carbonyl (C=O) groups excluding carboxylic acids is 2. The van der Waals surface area contributed by atoms with Crippen molar-refractivity contribution in [1.82, 2.24) is 4.90 Å². The molecule has 2 N–H and O–H groups in total. The van der Waals surface area contributed by atoms with E-state index in [1.54, 1.807) is 0 Å². The van der Waals surface area contributed by atoms with Crippen LogP contribution < -0.4 is 5.73 Å². The minimum atomic E-state index is -0.683. The average Bonchev–Trinajstić information content (AvgIpc) is 2.76. The summed E-state index contributed by atoms with van der Waals surface area (Å²) in [6.45, 7) is 2.54. The van der Waals surface area contributed by atoms with Gasteiger partial charge >= 0.3 is 5.97 Å². The number of piperidine rings is 1. The molecule has 0 radical (unpaired) electrons. The van der Waals surface area contributed by atoms with E-state index in [2.05, 4.69) is 4.90 Å². The van der Waals surface area contributed by atoms with E-state index in [9.17, 15) is 14.0 Å². The van der Waals surface area contributed by atoms with Crippen LogP contribution in [0.2, 0.25) is 5.02 Å². The van der Waals surface area contributed by atoms with E-state index in [4.69, 9.17) is 22.1 Å². The van der Waals surface area contributed by atoms with Crippen molar-refractivity contribution in [2.24, 2.45) is 5.73 Å². The normalized spacial score (nSPS) is 16.1. The van der Waals surface area contributed by atoms with E-state index >= 15 is 0 Å². The molecular weight excluding hydrogens is 419 g/mol. The average molecular weight is 447 g/mol. The minimum Gasteiger partial charge on any atom is -0.454 e. The molecule has 0 spiro atoms. The Morgan fingerprint density at radius 1 is 1.03 bits per heavy atom. The predicted octanol–water partition coefficient (Wildman–Crippen LogP) is 4.33. The predicted molar refractivity (Wildman–Crippen MR) is 119 cm³/mol. The Balaban J connectivity index is 1.56. The molecule has 3 rings (SSSR count). The second-order valence-corrected chi connectivity index (χ2v) is 8.33. The second-order valence-electron chi connectivity index (χ2n) is 7.89. The van der Waals surface area contributed by atoms with Crippen LogP contribution >= 0.6 is 11.6 Å². The van der Waals surface area contributed by atoms with Gasteiger partial charge in [0.1, 0.15) is 11.4 Å². The number of Topliss-reactive ketones (excluding diaryl/α,β-unsaturated/α-hetero) is 1. The molecule has 1 aliphatic heterocycles. The van der Waals surface area contributed by atoms with E-state index in [1.807, 2.05) is 24.3 Å². The molecule has 1 aliphatic rings. The van der Waals surface area contributed by atoms with Crippen molar-refractivity contribution < 1.29 is 18.7 Å². The fraction of sp³-hybridized carbons (Fsp3) is 0.417. The molecule has 31 heavy (non-hydrogen) atoms. The summed E-state index contributed by atoms with van der Waals surface area (Å²) in [6, 6.07) is 13.1. The summed E-state index contributed by atoms with van der Waals surface area (Å²) < 4.78 is 18.9. The first-order valence-electron chi connectivity index (χ1n) is 10.6. The van der Waals surface area contributed by atoms with Crippen LogP contribution in [0.1, 0.15) is 48.0 Å². The lowest BCUT2D eigenvalue weighted by Gasteiger charge is -2.41. The van der Waals surface area contributed by atoms with Crippen LogP contribution in [0.5, 0.6) is 0 Å². The molecule has 0 amide bonds. The van der Waals surface area contributed by atoms with Crippen molar-refractivity contribution in [2.45, 2.75) is 37.7 Å². The molecule has 0 aromatic heterocycles. The lowest BCUT2D eigenvalue weighted by atomic mass is 9.84. The van der Waals surface area contributed by atoms with Gasteiger partial charge in [-0.3, -0.25) is 9.59 Å². The quantitative estimate of drug-likeness (QED) is 0.458. The van der Waals surface area contributed by atoms with Gasteiger partial charge in [-0.2, -0.15) is 0 Å². The smallest absolute Gasteiger partial charge is 0.307 e. The summed E-state index contributed by atoms with van der Waals surface area (Å²) in [6.07, 6.45) is 2.64. The number of benzene rings is 2. The van der Waals surface area contributed by atoms with Crippen LogP contribution in [0, 0.1) is 5.82 Å². The van der Waals surface area contributed by atoms with Gasteiger partial charge in [0.05, 0.1) is 6.42 Å². The third-order valence-corrected chi connectivity index (χ3v) is 5.99. The SMILES string of the molecule is NCCC(=O)OC1(c2ccc(Cl)cc2)CCN(CCCC(=O)c2ccc(F)cc2)CC1. The Kier molecular flexibility index (Phi) is 8.18. The number of hydrogen-bond donors (Lipinski definition) is 1. The summed E-state index contributed by atoms with van der Waals surface area (Å²) in [4.78, 5) is 26.8. The van der Waals surface area contributed by atoms with Crippen molar-refractivity contribution in [1.29, 1.82) is 0 Å². The second kappa shape index (κ2) is 10.8. The summed E-state index contributed by atoms with van der Waals surface area (Å²) in [5, 5.41) is 0.635. The third kappa shape index (κ3) is 6.35. The van der Waals surface area contributed by atoms with Crippen molar-refractivity contribution >= 4 is 23.4 Å². The summed E-state index contributed by atoms with van der Waals surface area (Å²) in [7, 11) is 0. The number of nitrogens with zero attached hydrogens (tertiary/aromatic N) is 1. The van der Waals surface area contributed by atoms with Crippen molar-refractivity contribution in [3.8, 4) is 0 Å². The Hall–Kier alpha value is -2.28. The van der Waals surface area contributed by atoms with Gasteiger partial charge in [-0.25, -0.2) is 4.39 Å².